The molecular weight excluding hydrogens is 306 g/mol. The summed E-state index contributed by atoms with van der Waals surface area (Å²) in [5, 5.41) is 2.67. The molecule has 0 radical (unpaired) electrons. The summed E-state index contributed by atoms with van der Waals surface area (Å²) in [7, 11) is 0. The molecule has 0 bridgehead atoms. The molecule has 0 amide bonds. The lowest BCUT2D eigenvalue weighted by molar-refractivity contribution is 0.243. The van der Waals surface area contributed by atoms with Gasteiger partial charge in [-0.2, -0.15) is 0 Å². The van der Waals surface area contributed by atoms with Crippen LogP contribution < -0.4 is 0 Å². The Balaban J connectivity index is 1.57. The Hall–Kier alpha value is -2.26. The summed E-state index contributed by atoms with van der Waals surface area (Å²) < 4.78 is 0. The maximum absolute atomic E-state index is 4.84. The molecule has 0 saturated carbocycles. The molecule has 2 heterocycles. The second kappa shape index (κ2) is 6.23. The van der Waals surface area contributed by atoms with Gasteiger partial charge < -0.3 is 0 Å². The summed E-state index contributed by atoms with van der Waals surface area (Å²) in [6, 6.07) is 15.2. The first-order chi connectivity index (χ1) is 12.0. The van der Waals surface area contributed by atoms with Crippen LogP contribution in [0, 0.1) is 0 Å². The van der Waals surface area contributed by atoms with E-state index in [2.05, 4.69) is 73.1 Å². The van der Waals surface area contributed by atoms with Gasteiger partial charge in [0.05, 0.1) is 0 Å². The minimum atomic E-state index is 0.00905. The Bertz CT molecular complexity index is 903. The third kappa shape index (κ3) is 3.29. The van der Waals surface area contributed by atoms with E-state index in [0.717, 1.165) is 31.9 Å². The summed E-state index contributed by atoms with van der Waals surface area (Å²) in [5.74, 6) is 0.953. The molecule has 1 aliphatic rings. The van der Waals surface area contributed by atoms with Crippen molar-refractivity contribution in [3.63, 3.8) is 0 Å². The van der Waals surface area contributed by atoms with E-state index in [1.54, 1.807) is 0 Å². The van der Waals surface area contributed by atoms with E-state index in [0.29, 0.717) is 0 Å². The van der Waals surface area contributed by atoms with Crippen molar-refractivity contribution in [2.45, 2.75) is 45.7 Å². The highest BCUT2D eigenvalue weighted by Gasteiger charge is 2.23. The molecule has 3 heteroatoms. The SMILES string of the molecule is CC(C)(C)c1ncc2c(n1)CCN(Cc1cccc3ccccc13)C2. The first-order valence-corrected chi connectivity index (χ1v) is 9.05. The summed E-state index contributed by atoms with van der Waals surface area (Å²) in [4.78, 5) is 12.0. The predicted molar refractivity (Wildman–Crippen MR) is 102 cm³/mol. The monoisotopic (exact) mass is 331 g/mol. The Labute approximate surface area is 149 Å². The summed E-state index contributed by atoms with van der Waals surface area (Å²) in [6.07, 6.45) is 3.05. The zero-order valence-electron chi connectivity index (χ0n) is 15.3. The Morgan fingerprint density at radius 3 is 2.68 bits per heavy atom. The first kappa shape index (κ1) is 16.2. The largest absolute Gasteiger partial charge is 0.294 e. The molecule has 3 nitrogen and oxygen atoms in total. The Morgan fingerprint density at radius 1 is 1.04 bits per heavy atom. The third-order valence-electron chi connectivity index (χ3n) is 4.96. The molecule has 3 aromatic rings. The first-order valence-electron chi connectivity index (χ1n) is 9.05. The molecular formula is C22H25N3. The molecule has 4 rings (SSSR count). The third-order valence-corrected chi connectivity index (χ3v) is 4.96. The van der Waals surface area contributed by atoms with Gasteiger partial charge in [0.25, 0.3) is 0 Å². The smallest absolute Gasteiger partial charge is 0.133 e. The van der Waals surface area contributed by atoms with Crippen molar-refractivity contribution in [1.29, 1.82) is 0 Å². The highest BCUT2D eigenvalue weighted by atomic mass is 15.1. The highest BCUT2D eigenvalue weighted by molar-refractivity contribution is 5.85. The fraction of sp³-hybridized carbons (Fsp3) is 0.364. The topological polar surface area (TPSA) is 29.0 Å². The van der Waals surface area contributed by atoms with Crippen molar-refractivity contribution < 1.29 is 0 Å². The number of rotatable bonds is 2. The van der Waals surface area contributed by atoms with Gasteiger partial charge in [-0.25, -0.2) is 9.97 Å². The molecule has 0 fully saturated rings. The van der Waals surface area contributed by atoms with E-state index in [-0.39, 0.29) is 5.41 Å². The van der Waals surface area contributed by atoms with Crippen LogP contribution in [0.5, 0.6) is 0 Å². The summed E-state index contributed by atoms with van der Waals surface area (Å²) >= 11 is 0. The lowest BCUT2D eigenvalue weighted by Gasteiger charge is -2.29. The van der Waals surface area contributed by atoms with Crippen LogP contribution in [0.4, 0.5) is 0 Å². The zero-order chi connectivity index (χ0) is 17.4. The molecule has 2 aromatic carbocycles. The fourth-order valence-corrected chi connectivity index (χ4v) is 3.54. The average molecular weight is 331 g/mol. The van der Waals surface area contributed by atoms with E-state index in [1.165, 1.54) is 27.6 Å². The van der Waals surface area contributed by atoms with E-state index >= 15 is 0 Å². The normalized spacial score (nSPS) is 15.3. The van der Waals surface area contributed by atoms with Gasteiger partial charge in [0.2, 0.25) is 0 Å². The zero-order valence-corrected chi connectivity index (χ0v) is 15.3. The maximum Gasteiger partial charge on any atom is 0.133 e. The second-order valence-electron chi connectivity index (χ2n) is 8.01. The molecule has 0 saturated heterocycles. The van der Waals surface area contributed by atoms with Crippen molar-refractivity contribution in [3.05, 3.63) is 71.3 Å². The molecule has 1 aliphatic heterocycles. The van der Waals surface area contributed by atoms with E-state index < -0.39 is 0 Å². The van der Waals surface area contributed by atoms with Crippen LogP contribution in [0.25, 0.3) is 10.8 Å². The Morgan fingerprint density at radius 2 is 1.84 bits per heavy atom. The van der Waals surface area contributed by atoms with Gasteiger partial charge in [0.15, 0.2) is 0 Å². The van der Waals surface area contributed by atoms with Gasteiger partial charge in [0.1, 0.15) is 5.82 Å². The number of fused-ring (bicyclic) bond motifs is 2. The minimum absolute atomic E-state index is 0.00905. The molecule has 0 unspecified atom stereocenters. The summed E-state index contributed by atoms with van der Waals surface area (Å²) in [6.45, 7) is 9.47. The van der Waals surface area contributed by atoms with Gasteiger partial charge in [0, 0.05) is 48.9 Å². The van der Waals surface area contributed by atoms with Crippen LogP contribution in [-0.4, -0.2) is 21.4 Å². The number of hydrogen-bond donors (Lipinski definition) is 0. The van der Waals surface area contributed by atoms with Gasteiger partial charge >= 0.3 is 0 Å². The lowest BCUT2D eigenvalue weighted by Crippen LogP contribution is -2.32. The number of hydrogen-bond acceptors (Lipinski definition) is 3. The van der Waals surface area contributed by atoms with Gasteiger partial charge in [-0.05, 0) is 16.3 Å². The quantitative estimate of drug-likeness (QED) is 0.693. The van der Waals surface area contributed by atoms with Crippen LogP contribution >= 0.6 is 0 Å². The average Bonchev–Trinajstić information content (AvgIpc) is 2.61. The van der Waals surface area contributed by atoms with Crippen LogP contribution in [-0.2, 0) is 24.9 Å². The van der Waals surface area contributed by atoms with Crippen molar-refractivity contribution in [2.75, 3.05) is 6.54 Å². The molecule has 0 aliphatic carbocycles. The van der Waals surface area contributed by atoms with Gasteiger partial charge in [-0.3, -0.25) is 4.90 Å². The fourth-order valence-electron chi connectivity index (χ4n) is 3.54. The van der Waals surface area contributed by atoms with Crippen LogP contribution in [0.1, 0.15) is 43.4 Å². The minimum Gasteiger partial charge on any atom is -0.294 e. The molecule has 0 N–H and O–H groups in total. The summed E-state index contributed by atoms with van der Waals surface area (Å²) in [5.41, 5.74) is 3.91. The Kier molecular flexibility index (Phi) is 4.04. The van der Waals surface area contributed by atoms with Crippen LogP contribution in [0.15, 0.2) is 48.7 Å². The molecule has 0 spiro atoms. The molecule has 128 valence electrons. The maximum atomic E-state index is 4.84. The van der Waals surface area contributed by atoms with E-state index in [9.17, 15) is 0 Å². The second-order valence-corrected chi connectivity index (χ2v) is 8.01. The van der Waals surface area contributed by atoms with Crippen molar-refractivity contribution in [3.8, 4) is 0 Å². The van der Waals surface area contributed by atoms with Crippen LogP contribution in [0.3, 0.4) is 0 Å². The lowest BCUT2D eigenvalue weighted by atomic mass is 9.95. The van der Waals surface area contributed by atoms with Gasteiger partial charge in [-0.15, -0.1) is 0 Å². The van der Waals surface area contributed by atoms with E-state index in [4.69, 9.17) is 4.98 Å². The number of benzene rings is 2. The molecule has 1 aromatic heterocycles. The number of aromatic nitrogens is 2. The van der Waals surface area contributed by atoms with E-state index in [1.807, 2.05) is 6.20 Å². The van der Waals surface area contributed by atoms with Crippen molar-refractivity contribution in [1.82, 2.24) is 14.9 Å². The van der Waals surface area contributed by atoms with Gasteiger partial charge in [-0.1, -0.05) is 63.2 Å². The van der Waals surface area contributed by atoms with Crippen molar-refractivity contribution in [2.24, 2.45) is 0 Å². The highest BCUT2D eigenvalue weighted by Crippen LogP contribution is 2.25. The molecule has 0 atom stereocenters. The van der Waals surface area contributed by atoms with Crippen LogP contribution in [0.2, 0.25) is 0 Å². The van der Waals surface area contributed by atoms with Crippen molar-refractivity contribution >= 4 is 10.8 Å². The molecule has 25 heavy (non-hydrogen) atoms. The standard InChI is InChI=1S/C22H25N3/c1-22(2,3)21-23-13-18-15-25(12-11-20(18)24-21)14-17-9-6-8-16-7-4-5-10-19(16)17/h4-10,13H,11-12,14-15H2,1-3H3. The number of nitrogens with zero attached hydrogens (tertiary/aromatic N) is 3. The predicted octanol–water partition coefficient (Wildman–Crippen LogP) is 4.49.